The van der Waals surface area contributed by atoms with E-state index in [9.17, 15) is 18.4 Å². The van der Waals surface area contributed by atoms with Gasteiger partial charge in [0.15, 0.2) is 5.82 Å². The summed E-state index contributed by atoms with van der Waals surface area (Å²) in [5.74, 6) is -0.745. The molecule has 1 aromatic carbocycles. The third kappa shape index (κ3) is 4.51. The second-order valence-corrected chi connectivity index (χ2v) is 6.39. The summed E-state index contributed by atoms with van der Waals surface area (Å²) in [6.45, 7) is -0.0155. The summed E-state index contributed by atoms with van der Waals surface area (Å²) in [6.07, 6.45) is -2.19. The van der Waals surface area contributed by atoms with Crippen molar-refractivity contribution in [1.29, 1.82) is 0 Å². The maximum atomic E-state index is 13.1. The molecular weight excluding hydrogens is 384 g/mol. The molecule has 1 aliphatic carbocycles. The number of amides is 2. The van der Waals surface area contributed by atoms with Crippen molar-refractivity contribution in [2.75, 3.05) is 6.54 Å². The summed E-state index contributed by atoms with van der Waals surface area (Å²) >= 11 is 6.12. The van der Waals surface area contributed by atoms with Gasteiger partial charge in [0.2, 0.25) is 5.91 Å². The molecule has 0 spiro atoms. The number of benzene rings is 1. The van der Waals surface area contributed by atoms with Crippen LogP contribution in [0, 0.1) is 5.92 Å². The lowest BCUT2D eigenvalue weighted by molar-refractivity contribution is -0.122. The van der Waals surface area contributed by atoms with Crippen LogP contribution < -0.4 is 11.1 Å². The van der Waals surface area contributed by atoms with Gasteiger partial charge in [-0.2, -0.15) is 5.10 Å². The average molecular weight is 400 g/mol. The third-order valence-corrected chi connectivity index (χ3v) is 4.33. The Labute approximate surface area is 157 Å². The van der Waals surface area contributed by atoms with Crippen LogP contribution in [0.15, 0.2) is 24.5 Å². The van der Waals surface area contributed by atoms with E-state index in [0.717, 1.165) is 23.9 Å². The summed E-state index contributed by atoms with van der Waals surface area (Å²) in [4.78, 5) is 26.6. The van der Waals surface area contributed by atoms with Crippen LogP contribution in [0.2, 0.25) is 5.02 Å². The first kappa shape index (κ1) is 19.0. The molecule has 1 atom stereocenters. The zero-order valence-electron chi connectivity index (χ0n) is 13.9. The number of nitrogens with one attached hydrogen (secondary N) is 1. The van der Waals surface area contributed by atoms with Gasteiger partial charge >= 0.3 is 6.09 Å². The van der Waals surface area contributed by atoms with Gasteiger partial charge in [-0.15, -0.1) is 0 Å². The molecule has 8 nitrogen and oxygen atoms in total. The number of rotatable bonds is 7. The van der Waals surface area contributed by atoms with Crippen LogP contribution in [-0.4, -0.2) is 33.3 Å². The molecule has 1 heterocycles. The second-order valence-electron chi connectivity index (χ2n) is 5.99. The Morgan fingerprint density at radius 3 is 2.78 bits per heavy atom. The molecule has 3 rings (SSSR count). The maximum absolute atomic E-state index is 13.1. The van der Waals surface area contributed by atoms with E-state index >= 15 is 0 Å². The Hall–Kier alpha value is -2.75. The number of ether oxygens (including phenoxy) is 1. The van der Waals surface area contributed by atoms with Gasteiger partial charge in [0.25, 0.3) is 6.43 Å². The predicted octanol–water partition coefficient (Wildman–Crippen LogP) is 2.52. The standard InChI is InChI=1S/C16H16ClF2N5O3/c17-10-4-3-9(5-11(10)24-14(13(18)19)22-7-23-24)12(27-16(20)26)6-21-15(25)8-1-2-8/h3-5,7-8,12-13H,1-2,6H2,(H2,20,26)(H,21,25)/t12-/m1/s1. The van der Waals surface area contributed by atoms with Crippen LogP contribution in [0.3, 0.4) is 0 Å². The largest absolute Gasteiger partial charge is 0.440 e. The summed E-state index contributed by atoms with van der Waals surface area (Å²) in [5, 5.41) is 6.61. The van der Waals surface area contributed by atoms with Crippen molar-refractivity contribution < 1.29 is 23.1 Å². The van der Waals surface area contributed by atoms with Gasteiger partial charge in [0.05, 0.1) is 17.3 Å². The Bertz CT molecular complexity index is 856. The molecule has 0 radical (unpaired) electrons. The van der Waals surface area contributed by atoms with Gasteiger partial charge in [-0.25, -0.2) is 23.2 Å². The van der Waals surface area contributed by atoms with Crippen molar-refractivity contribution in [2.24, 2.45) is 11.7 Å². The highest BCUT2D eigenvalue weighted by Gasteiger charge is 2.30. The van der Waals surface area contributed by atoms with E-state index in [1.807, 2.05) is 0 Å². The number of carbonyl (C=O) groups excluding carboxylic acids is 2. The fraction of sp³-hybridized carbons (Fsp3) is 0.375. The minimum absolute atomic E-state index is 0.0155. The van der Waals surface area contributed by atoms with Crippen LogP contribution in [0.25, 0.3) is 5.69 Å². The molecule has 0 bridgehead atoms. The molecule has 144 valence electrons. The van der Waals surface area contributed by atoms with Crippen molar-refractivity contribution in [3.8, 4) is 5.69 Å². The lowest BCUT2D eigenvalue weighted by atomic mass is 10.1. The fourth-order valence-corrected chi connectivity index (χ4v) is 2.73. The zero-order valence-corrected chi connectivity index (χ0v) is 14.7. The normalized spacial score (nSPS) is 14.8. The lowest BCUT2D eigenvalue weighted by Gasteiger charge is -2.19. The Morgan fingerprint density at radius 2 is 2.15 bits per heavy atom. The number of alkyl halides is 2. The van der Waals surface area contributed by atoms with Gasteiger partial charge in [0, 0.05) is 5.92 Å². The van der Waals surface area contributed by atoms with Crippen molar-refractivity contribution in [2.45, 2.75) is 25.4 Å². The molecule has 3 N–H and O–H groups in total. The molecule has 1 fully saturated rings. The van der Waals surface area contributed by atoms with E-state index in [1.165, 1.54) is 12.1 Å². The van der Waals surface area contributed by atoms with Crippen LogP contribution in [0.1, 0.15) is 36.8 Å². The van der Waals surface area contributed by atoms with E-state index in [0.29, 0.717) is 5.56 Å². The Morgan fingerprint density at radius 1 is 1.41 bits per heavy atom. The summed E-state index contributed by atoms with van der Waals surface area (Å²) < 4.78 is 32.2. The van der Waals surface area contributed by atoms with Crippen molar-refractivity contribution in [3.05, 3.63) is 40.9 Å². The smallest absolute Gasteiger partial charge is 0.405 e. The number of hydrogen-bond acceptors (Lipinski definition) is 5. The molecule has 1 saturated carbocycles. The number of nitrogens with zero attached hydrogens (tertiary/aromatic N) is 3. The Balaban J connectivity index is 1.89. The fourth-order valence-electron chi connectivity index (χ4n) is 2.53. The number of primary amides is 1. The minimum atomic E-state index is -2.86. The SMILES string of the molecule is NC(=O)O[C@H](CNC(=O)C1CC1)c1ccc(Cl)c(-n2ncnc2C(F)F)c1. The maximum Gasteiger partial charge on any atom is 0.405 e. The van der Waals surface area contributed by atoms with Gasteiger partial charge < -0.3 is 15.8 Å². The molecule has 27 heavy (non-hydrogen) atoms. The number of hydrogen-bond donors (Lipinski definition) is 2. The van der Waals surface area contributed by atoms with Crippen molar-refractivity contribution >= 4 is 23.6 Å². The topological polar surface area (TPSA) is 112 Å². The van der Waals surface area contributed by atoms with Crippen LogP contribution in [0.4, 0.5) is 13.6 Å². The molecule has 1 aliphatic rings. The summed E-state index contributed by atoms with van der Waals surface area (Å²) in [6, 6.07) is 4.42. The highest BCUT2D eigenvalue weighted by Crippen LogP contribution is 2.30. The van der Waals surface area contributed by atoms with Crippen LogP contribution in [0.5, 0.6) is 0 Å². The summed E-state index contributed by atoms with van der Waals surface area (Å²) in [5.41, 5.74) is 5.64. The average Bonchev–Trinajstić information content (AvgIpc) is 3.35. The number of carbonyl (C=O) groups is 2. The van der Waals surface area contributed by atoms with Gasteiger partial charge in [-0.05, 0) is 30.5 Å². The first-order valence-electron chi connectivity index (χ1n) is 8.08. The van der Waals surface area contributed by atoms with Gasteiger partial charge in [0.1, 0.15) is 12.4 Å². The molecule has 0 saturated heterocycles. The van der Waals surface area contributed by atoms with E-state index in [-0.39, 0.29) is 29.1 Å². The molecular formula is C16H16ClF2N5O3. The van der Waals surface area contributed by atoms with E-state index in [2.05, 4.69) is 15.4 Å². The number of halogens is 3. The van der Waals surface area contributed by atoms with Crippen LogP contribution in [-0.2, 0) is 9.53 Å². The van der Waals surface area contributed by atoms with E-state index < -0.39 is 24.4 Å². The second kappa shape index (κ2) is 7.87. The highest BCUT2D eigenvalue weighted by atomic mass is 35.5. The number of aromatic nitrogens is 3. The molecule has 2 amide bonds. The summed E-state index contributed by atoms with van der Waals surface area (Å²) in [7, 11) is 0. The first-order valence-corrected chi connectivity index (χ1v) is 8.46. The third-order valence-electron chi connectivity index (χ3n) is 4.01. The van der Waals surface area contributed by atoms with Crippen LogP contribution >= 0.6 is 11.6 Å². The molecule has 2 aromatic rings. The quantitative estimate of drug-likeness (QED) is 0.742. The minimum Gasteiger partial charge on any atom is -0.440 e. The van der Waals surface area contributed by atoms with Crippen molar-refractivity contribution in [1.82, 2.24) is 20.1 Å². The van der Waals surface area contributed by atoms with E-state index in [4.69, 9.17) is 22.1 Å². The monoisotopic (exact) mass is 399 g/mol. The van der Waals surface area contributed by atoms with Gasteiger partial charge in [-0.3, -0.25) is 4.79 Å². The molecule has 11 heteroatoms. The molecule has 0 aliphatic heterocycles. The number of nitrogens with two attached hydrogens (primary N) is 1. The predicted molar refractivity (Wildman–Crippen MR) is 90.5 cm³/mol. The molecule has 0 unspecified atom stereocenters. The highest BCUT2D eigenvalue weighted by molar-refractivity contribution is 6.32. The Kier molecular flexibility index (Phi) is 5.54. The van der Waals surface area contributed by atoms with Crippen molar-refractivity contribution in [3.63, 3.8) is 0 Å². The lowest BCUT2D eigenvalue weighted by Crippen LogP contribution is -2.32. The van der Waals surface area contributed by atoms with Gasteiger partial charge in [-0.1, -0.05) is 17.7 Å². The van der Waals surface area contributed by atoms with E-state index in [1.54, 1.807) is 6.07 Å². The molecule has 1 aromatic heterocycles. The zero-order chi connectivity index (χ0) is 19.6. The first-order chi connectivity index (χ1) is 12.9.